The lowest BCUT2D eigenvalue weighted by atomic mass is 10.2. The zero-order valence-corrected chi connectivity index (χ0v) is 8.70. The number of carbonyl (C=O) groups excluding carboxylic acids is 1. The molecule has 2 rings (SSSR count). The maximum Gasteiger partial charge on any atom is 0.289 e. The second-order valence-electron chi connectivity index (χ2n) is 3.86. The molecular formula is C11H14FNO2. The van der Waals surface area contributed by atoms with Crippen LogP contribution in [0.25, 0.3) is 0 Å². The third-order valence-electron chi connectivity index (χ3n) is 2.77. The summed E-state index contributed by atoms with van der Waals surface area (Å²) in [6, 6.07) is 3.13. The van der Waals surface area contributed by atoms with E-state index in [2.05, 4.69) is 0 Å². The Hall–Kier alpha value is -1.32. The minimum Gasteiger partial charge on any atom is -0.456 e. The first-order valence-corrected chi connectivity index (χ1v) is 5.15. The molecule has 1 saturated heterocycles. The van der Waals surface area contributed by atoms with Crippen LogP contribution in [-0.4, -0.2) is 30.1 Å². The summed E-state index contributed by atoms with van der Waals surface area (Å²) in [7, 11) is 0. The maximum atomic E-state index is 12.6. The van der Waals surface area contributed by atoms with Crippen LogP contribution in [0, 0.1) is 6.92 Å². The van der Waals surface area contributed by atoms with Crippen LogP contribution in [0.5, 0.6) is 0 Å². The number of nitrogens with zero attached hydrogens (tertiary/aromatic N) is 1. The average Bonchev–Trinajstić information content (AvgIpc) is 2.84. The second kappa shape index (κ2) is 4.04. The lowest BCUT2D eigenvalue weighted by Gasteiger charge is -2.20. The first kappa shape index (κ1) is 10.2. The van der Waals surface area contributed by atoms with E-state index in [0.717, 1.165) is 12.8 Å². The Labute approximate surface area is 87.9 Å². The molecule has 2 heterocycles. The number of likely N-dealkylation sites (tertiary alicyclic amines) is 1. The molecule has 1 aromatic heterocycles. The monoisotopic (exact) mass is 211 g/mol. The number of furan rings is 1. The van der Waals surface area contributed by atoms with Gasteiger partial charge in [-0.1, -0.05) is 0 Å². The Morgan fingerprint density at radius 1 is 1.67 bits per heavy atom. The Kier molecular flexibility index (Phi) is 2.75. The fourth-order valence-electron chi connectivity index (χ4n) is 1.95. The summed E-state index contributed by atoms with van der Waals surface area (Å²) in [5, 5.41) is 0. The first-order chi connectivity index (χ1) is 7.22. The third kappa shape index (κ3) is 1.89. The molecule has 1 aliphatic rings. The molecule has 15 heavy (non-hydrogen) atoms. The summed E-state index contributed by atoms with van der Waals surface area (Å²) >= 11 is 0. The highest BCUT2D eigenvalue weighted by molar-refractivity contribution is 5.92. The standard InChI is InChI=1S/C11H14FNO2/c1-8-4-5-10(15-8)11(14)13-6-2-3-9(13)7-12/h4-5,9H,2-3,6-7H2,1H3/t9-/m0/s1. The minimum atomic E-state index is -0.467. The van der Waals surface area contributed by atoms with E-state index in [0.29, 0.717) is 18.1 Å². The van der Waals surface area contributed by atoms with Crippen LogP contribution in [0.2, 0.25) is 0 Å². The largest absolute Gasteiger partial charge is 0.456 e. The predicted molar refractivity (Wildman–Crippen MR) is 53.5 cm³/mol. The number of rotatable bonds is 2. The van der Waals surface area contributed by atoms with E-state index >= 15 is 0 Å². The summed E-state index contributed by atoms with van der Waals surface area (Å²) in [6.07, 6.45) is 1.63. The summed E-state index contributed by atoms with van der Waals surface area (Å²) in [5.74, 6) is 0.824. The second-order valence-corrected chi connectivity index (χ2v) is 3.86. The van der Waals surface area contributed by atoms with Crippen molar-refractivity contribution in [3.63, 3.8) is 0 Å². The van der Waals surface area contributed by atoms with Crippen molar-refractivity contribution in [3.05, 3.63) is 23.7 Å². The zero-order valence-electron chi connectivity index (χ0n) is 8.70. The van der Waals surface area contributed by atoms with E-state index in [1.54, 1.807) is 24.0 Å². The van der Waals surface area contributed by atoms with Gasteiger partial charge in [-0.3, -0.25) is 4.79 Å². The van der Waals surface area contributed by atoms with Gasteiger partial charge in [-0.25, -0.2) is 4.39 Å². The number of aryl methyl sites for hydroxylation is 1. The van der Waals surface area contributed by atoms with Crippen LogP contribution in [0.1, 0.15) is 29.2 Å². The molecule has 1 atom stereocenters. The van der Waals surface area contributed by atoms with Crippen molar-refractivity contribution < 1.29 is 13.6 Å². The van der Waals surface area contributed by atoms with Crippen molar-refractivity contribution in [2.45, 2.75) is 25.8 Å². The number of alkyl halides is 1. The van der Waals surface area contributed by atoms with E-state index < -0.39 is 6.67 Å². The van der Waals surface area contributed by atoms with Crippen molar-refractivity contribution in [2.75, 3.05) is 13.2 Å². The van der Waals surface area contributed by atoms with Gasteiger partial charge in [0.25, 0.3) is 5.91 Å². The number of hydrogen-bond acceptors (Lipinski definition) is 2. The predicted octanol–water partition coefficient (Wildman–Crippen LogP) is 2.16. The minimum absolute atomic E-state index is 0.191. The van der Waals surface area contributed by atoms with Crippen LogP contribution < -0.4 is 0 Å². The molecule has 0 N–H and O–H groups in total. The lowest BCUT2D eigenvalue weighted by Crippen LogP contribution is -2.36. The number of halogens is 1. The molecule has 0 bridgehead atoms. The van der Waals surface area contributed by atoms with Gasteiger partial charge in [-0.15, -0.1) is 0 Å². The summed E-state index contributed by atoms with van der Waals surface area (Å²) in [5.41, 5.74) is 0. The van der Waals surface area contributed by atoms with E-state index in [-0.39, 0.29) is 11.9 Å². The van der Waals surface area contributed by atoms with E-state index in [4.69, 9.17) is 4.42 Å². The molecule has 82 valence electrons. The van der Waals surface area contributed by atoms with Gasteiger partial charge in [0.05, 0.1) is 6.04 Å². The first-order valence-electron chi connectivity index (χ1n) is 5.15. The number of hydrogen-bond donors (Lipinski definition) is 0. The summed E-state index contributed by atoms with van der Waals surface area (Å²) in [4.78, 5) is 13.5. The molecule has 0 aromatic carbocycles. The van der Waals surface area contributed by atoms with Crippen LogP contribution in [0.4, 0.5) is 4.39 Å². The van der Waals surface area contributed by atoms with Crippen molar-refractivity contribution >= 4 is 5.91 Å². The Morgan fingerprint density at radius 2 is 2.47 bits per heavy atom. The molecule has 4 heteroatoms. The maximum absolute atomic E-state index is 12.6. The number of carbonyl (C=O) groups is 1. The molecule has 3 nitrogen and oxygen atoms in total. The van der Waals surface area contributed by atoms with E-state index in [9.17, 15) is 9.18 Å². The zero-order chi connectivity index (χ0) is 10.8. The molecular weight excluding hydrogens is 197 g/mol. The van der Waals surface area contributed by atoms with Gasteiger partial charge < -0.3 is 9.32 Å². The Bertz CT molecular complexity index is 361. The van der Waals surface area contributed by atoms with Gasteiger partial charge in [-0.2, -0.15) is 0 Å². The summed E-state index contributed by atoms with van der Waals surface area (Å²) < 4.78 is 17.8. The van der Waals surface area contributed by atoms with Crippen LogP contribution in [-0.2, 0) is 0 Å². The van der Waals surface area contributed by atoms with Crippen molar-refractivity contribution in [2.24, 2.45) is 0 Å². The smallest absolute Gasteiger partial charge is 0.289 e. The highest BCUT2D eigenvalue weighted by atomic mass is 19.1. The average molecular weight is 211 g/mol. The van der Waals surface area contributed by atoms with Gasteiger partial charge >= 0.3 is 0 Å². The van der Waals surface area contributed by atoms with Crippen molar-refractivity contribution in [1.29, 1.82) is 0 Å². The topological polar surface area (TPSA) is 33.5 Å². The highest BCUT2D eigenvalue weighted by Gasteiger charge is 2.30. The fourth-order valence-corrected chi connectivity index (χ4v) is 1.95. The van der Waals surface area contributed by atoms with Gasteiger partial charge in [0.1, 0.15) is 12.4 Å². The molecule has 0 spiro atoms. The van der Waals surface area contributed by atoms with Gasteiger partial charge in [0, 0.05) is 6.54 Å². The normalized spacial score (nSPS) is 20.9. The molecule has 0 aliphatic carbocycles. The van der Waals surface area contributed by atoms with Crippen LogP contribution >= 0.6 is 0 Å². The number of amides is 1. The molecule has 1 amide bonds. The molecule has 1 aliphatic heterocycles. The molecule has 1 fully saturated rings. The van der Waals surface area contributed by atoms with E-state index in [1.165, 1.54) is 0 Å². The van der Waals surface area contributed by atoms with Crippen molar-refractivity contribution in [1.82, 2.24) is 4.90 Å². The SMILES string of the molecule is Cc1ccc(C(=O)N2CCC[C@H]2CF)o1. The van der Waals surface area contributed by atoms with Crippen molar-refractivity contribution in [3.8, 4) is 0 Å². The lowest BCUT2D eigenvalue weighted by molar-refractivity contribution is 0.0683. The third-order valence-corrected chi connectivity index (χ3v) is 2.77. The highest BCUT2D eigenvalue weighted by Crippen LogP contribution is 2.21. The summed E-state index contributed by atoms with van der Waals surface area (Å²) in [6.45, 7) is 1.95. The molecule has 1 aromatic rings. The van der Waals surface area contributed by atoms with Gasteiger partial charge in [-0.05, 0) is 31.9 Å². The van der Waals surface area contributed by atoms with E-state index in [1.807, 2.05) is 0 Å². The Morgan fingerprint density at radius 3 is 3.07 bits per heavy atom. The van der Waals surface area contributed by atoms with Crippen LogP contribution in [0.3, 0.4) is 0 Å². The molecule has 0 unspecified atom stereocenters. The van der Waals surface area contributed by atoms with Crippen LogP contribution in [0.15, 0.2) is 16.5 Å². The fraction of sp³-hybridized carbons (Fsp3) is 0.545. The quantitative estimate of drug-likeness (QED) is 0.751. The van der Waals surface area contributed by atoms with Gasteiger partial charge in [0.15, 0.2) is 5.76 Å². The molecule has 0 saturated carbocycles. The van der Waals surface area contributed by atoms with Gasteiger partial charge in [0.2, 0.25) is 0 Å². The molecule has 0 radical (unpaired) electrons. The Balaban J connectivity index is 2.13.